The normalized spacial score (nSPS) is 10.6. The second kappa shape index (κ2) is 7.90. The highest BCUT2D eigenvalue weighted by Crippen LogP contribution is 2.00. The van der Waals surface area contributed by atoms with E-state index in [0.29, 0.717) is 0 Å². The van der Waals surface area contributed by atoms with Crippen molar-refractivity contribution < 1.29 is 43.9 Å². The summed E-state index contributed by atoms with van der Waals surface area (Å²) in [6.07, 6.45) is -1.71. The molecular formula is C4H12N2O10S2. The second-order valence-electron chi connectivity index (χ2n) is 2.27. The van der Waals surface area contributed by atoms with Crippen LogP contribution >= 0.6 is 0 Å². The van der Waals surface area contributed by atoms with Gasteiger partial charge in [0.25, 0.3) is 0 Å². The molecule has 0 rings (SSSR count). The molecule has 0 aliphatic rings. The van der Waals surface area contributed by atoms with Crippen LogP contribution in [-0.4, -0.2) is 37.9 Å². The van der Waals surface area contributed by atoms with Crippen molar-refractivity contribution in [2.75, 3.05) is 0 Å². The molecule has 110 valence electrons. The Morgan fingerprint density at radius 3 is 1.17 bits per heavy atom. The molecule has 0 aromatic rings. The van der Waals surface area contributed by atoms with E-state index in [1.165, 1.54) is 0 Å². The summed E-state index contributed by atoms with van der Waals surface area (Å²) in [5.41, 5.74) is 0. The average Bonchev–Trinajstić information content (AvgIpc) is 1.94. The summed E-state index contributed by atoms with van der Waals surface area (Å²) >= 11 is 0. The zero-order chi connectivity index (χ0) is 13.0. The number of hydrogen-bond acceptors (Lipinski definition) is 10. The summed E-state index contributed by atoms with van der Waals surface area (Å²) in [6, 6.07) is 0. The molecule has 0 aliphatic carbocycles. The molecule has 0 aromatic carbocycles. The lowest BCUT2D eigenvalue weighted by Gasteiger charge is -2.00. The Morgan fingerprint density at radius 2 is 1.00 bits per heavy atom. The summed E-state index contributed by atoms with van der Waals surface area (Å²) in [4.78, 5) is 21.1. The maximum atomic E-state index is 10.5. The van der Waals surface area contributed by atoms with Crippen molar-refractivity contribution in [2.24, 2.45) is 0 Å². The lowest BCUT2D eigenvalue weighted by molar-refractivity contribution is -0.140. The lowest BCUT2D eigenvalue weighted by Crippen LogP contribution is -2.16. The molecule has 0 saturated heterocycles. The van der Waals surface area contributed by atoms with Gasteiger partial charge in [0.05, 0.1) is 12.8 Å². The van der Waals surface area contributed by atoms with Crippen LogP contribution in [0.5, 0.6) is 0 Å². The topological polar surface area (TPSA) is 231 Å². The SMILES string of the molecule is N.N.O=C(CCC(=O)OS(=O)(=O)O)OS(=O)(=O)O. The van der Waals surface area contributed by atoms with E-state index in [1.807, 2.05) is 0 Å². The molecule has 14 heteroatoms. The van der Waals surface area contributed by atoms with Gasteiger partial charge in [-0.3, -0.25) is 18.7 Å². The Morgan fingerprint density at radius 1 is 0.778 bits per heavy atom. The number of carbonyl (C=O) groups excluding carboxylic acids is 2. The monoisotopic (exact) mass is 312 g/mol. The van der Waals surface area contributed by atoms with E-state index in [9.17, 15) is 26.4 Å². The minimum absolute atomic E-state index is 0. The summed E-state index contributed by atoms with van der Waals surface area (Å²) in [5, 5.41) is 0. The van der Waals surface area contributed by atoms with Crippen LogP contribution in [0, 0.1) is 0 Å². The first-order chi connectivity index (χ1) is 6.99. The molecule has 12 nitrogen and oxygen atoms in total. The smallest absolute Gasteiger partial charge is 0.344 e. The van der Waals surface area contributed by atoms with Crippen molar-refractivity contribution in [3.63, 3.8) is 0 Å². The first-order valence-electron chi connectivity index (χ1n) is 3.39. The Kier molecular flexibility index (Phi) is 9.62. The molecule has 0 atom stereocenters. The summed E-state index contributed by atoms with van der Waals surface area (Å²) in [5.74, 6) is -2.98. The van der Waals surface area contributed by atoms with E-state index in [2.05, 4.69) is 8.37 Å². The van der Waals surface area contributed by atoms with Gasteiger partial charge in [-0.25, -0.2) is 0 Å². The van der Waals surface area contributed by atoms with Crippen molar-refractivity contribution in [2.45, 2.75) is 12.8 Å². The highest BCUT2D eigenvalue weighted by Gasteiger charge is 2.18. The Balaban J connectivity index is -0.00000112. The molecule has 0 fully saturated rings. The van der Waals surface area contributed by atoms with Gasteiger partial charge in [-0.1, -0.05) is 0 Å². The van der Waals surface area contributed by atoms with Crippen molar-refractivity contribution in [1.82, 2.24) is 12.3 Å². The highest BCUT2D eigenvalue weighted by molar-refractivity contribution is 7.81. The standard InChI is InChI=1S/C4H6O10S2.2H3N/c5-3(13-15(7,8)9)1-2-4(6)14-16(10,11)12;;/h1-2H2,(H,7,8,9)(H,10,11,12);2*1H3. The maximum absolute atomic E-state index is 10.5. The highest BCUT2D eigenvalue weighted by atomic mass is 32.3. The van der Waals surface area contributed by atoms with Gasteiger partial charge in [-0.05, 0) is 0 Å². The van der Waals surface area contributed by atoms with Crippen molar-refractivity contribution in [3.8, 4) is 0 Å². The van der Waals surface area contributed by atoms with Crippen LogP contribution in [0.25, 0.3) is 0 Å². The van der Waals surface area contributed by atoms with E-state index >= 15 is 0 Å². The molecule has 0 amide bonds. The van der Waals surface area contributed by atoms with E-state index in [4.69, 9.17) is 9.11 Å². The molecule has 0 radical (unpaired) electrons. The minimum Gasteiger partial charge on any atom is -0.344 e. The van der Waals surface area contributed by atoms with E-state index in [0.717, 1.165) is 0 Å². The van der Waals surface area contributed by atoms with Gasteiger partial charge in [0.15, 0.2) is 0 Å². The fourth-order valence-electron chi connectivity index (χ4n) is 0.522. The van der Waals surface area contributed by atoms with Crippen molar-refractivity contribution in [3.05, 3.63) is 0 Å². The van der Waals surface area contributed by atoms with Crippen LogP contribution in [0.15, 0.2) is 0 Å². The van der Waals surface area contributed by atoms with Crippen LogP contribution in [0.2, 0.25) is 0 Å². The zero-order valence-electron chi connectivity index (χ0n) is 8.81. The largest absolute Gasteiger partial charge is 0.448 e. The third-order valence-electron chi connectivity index (χ3n) is 0.930. The van der Waals surface area contributed by atoms with Gasteiger partial charge in [0, 0.05) is 0 Å². The molecule has 0 aromatic heterocycles. The Bertz CT molecular complexity index is 432. The molecule has 0 aliphatic heterocycles. The van der Waals surface area contributed by atoms with E-state index in [1.54, 1.807) is 0 Å². The average molecular weight is 312 g/mol. The Hall–Kier alpha value is -1.32. The third kappa shape index (κ3) is 14.7. The molecule has 0 spiro atoms. The molecule has 0 unspecified atom stereocenters. The summed E-state index contributed by atoms with van der Waals surface area (Å²) < 4.78 is 62.7. The fraction of sp³-hybridized carbons (Fsp3) is 0.500. The van der Waals surface area contributed by atoms with Crippen LogP contribution in [0.4, 0.5) is 0 Å². The maximum Gasteiger partial charge on any atom is 0.448 e. The van der Waals surface area contributed by atoms with Gasteiger partial charge >= 0.3 is 32.7 Å². The van der Waals surface area contributed by atoms with Crippen molar-refractivity contribution in [1.29, 1.82) is 0 Å². The quantitative estimate of drug-likeness (QED) is 0.437. The predicted molar refractivity (Wildman–Crippen MR) is 54.6 cm³/mol. The lowest BCUT2D eigenvalue weighted by atomic mass is 10.3. The van der Waals surface area contributed by atoms with E-state index in [-0.39, 0.29) is 12.3 Å². The first kappa shape index (κ1) is 21.9. The molecule has 0 saturated carbocycles. The Labute approximate surface area is 102 Å². The first-order valence-corrected chi connectivity index (χ1v) is 6.12. The van der Waals surface area contributed by atoms with Crippen LogP contribution in [0.3, 0.4) is 0 Å². The van der Waals surface area contributed by atoms with Gasteiger partial charge in [-0.15, -0.1) is 0 Å². The fourth-order valence-corrected chi connectivity index (χ4v) is 1.16. The van der Waals surface area contributed by atoms with Crippen molar-refractivity contribution >= 4 is 32.7 Å². The second-order valence-corrected chi connectivity index (χ2v) is 4.31. The zero-order valence-corrected chi connectivity index (χ0v) is 10.4. The van der Waals surface area contributed by atoms with E-state index < -0.39 is 45.6 Å². The van der Waals surface area contributed by atoms with Gasteiger partial charge < -0.3 is 20.7 Å². The third-order valence-corrected chi connectivity index (χ3v) is 1.72. The minimum atomic E-state index is -4.98. The van der Waals surface area contributed by atoms with Gasteiger partial charge in [-0.2, -0.15) is 16.8 Å². The number of carbonyl (C=O) groups is 2. The van der Waals surface area contributed by atoms with Crippen LogP contribution in [-0.2, 0) is 38.8 Å². The van der Waals surface area contributed by atoms with Crippen LogP contribution in [0.1, 0.15) is 12.8 Å². The molecule has 18 heavy (non-hydrogen) atoms. The summed E-state index contributed by atoms with van der Waals surface area (Å²) in [6.45, 7) is 0. The summed E-state index contributed by atoms with van der Waals surface area (Å²) in [7, 11) is -9.95. The molecule has 8 N–H and O–H groups in total. The molecule has 0 bridgehead atoms. The van der Waals surface area contributed by atoms with Crippen LogP contribution < -0.4 is 12.3 Å². The van der Waals surface area contributed by atoms with Gasteiger partial charge in [0.2, 0.25) is 0 Å². The predicted octanol–water partition coefficient (Wildman–Crippen LogP) is -1.22. The molecular weight excluding hydrogens is 300 g/mol. The van der Waals surface area contributed by atoms with Gasteiger partial charge in [0.1, 0.15) is 0 Å². The number of hydrogen-bond donors (Lipinski definition) is 4. The molecule has 0 heterocycles. The number of rotatable bonds is 5.